The highest BCUT2D eigenvalue weighted by Gasteiger charge is 2.12. The first kappa shape index (κ1) is 16.5. The van der Waals surface area contributed by atoms with Gasteiger partial charge in [0.05, 0.1) is 0 Å². The van der Waals surface area contributed by atoms with Gasteiger partial charge >= 0.3 is 5.97 Å². The fraction of sp³-hybridized carbons (Fsp3) is 0.158. The summed E-state index contributed by atoms with van der Waals surface area (Å²) in [7, 11) is 0. The molecular formula is C19H18O4. The topological polar surface area (TPSA) is 63.6 Å². The molecule has 0 radical (unpaired) electrons. The van der Waals surface area contributed by atoms with Crippen LogP contribution in [0.25, 0.3) is 6.08 Å². The second-order valence-corrected chi connectivity index (χ2v) is 5.23. The van der Waals surface area contributed by atoms with Crippen LogP contribution in [0.5, 0.6) is 5.75 Å². The Hall–Kier alpha value is -2.88. The van der Waals surface area contributed by atoms with Gasteiger partial charge in [0.25, 0.3) is 0 Å². The highest BCUT2D eigenvalue weighted by atomic mass is 16.5. The quantitative estimate of drug-likeness (QED) is 0.652. The lowest BCUT2D eigenvalue weighted by atomic mass is 10.1. The highest BCUT2D eigenvalue weighted by Crippen LogP contribution is 2.15. The maximum Gasteiger partial charge on any atom is 0.344 e. The first-order valence-corrected chi connectivity index (χ1v) is 7.24. The molecule has 118 valence electrons. The number of carbonyl (C=O) groups is 2. The average Bonchev–Trinajstić information content (AvgIpc) is 2.53. The van der Waals surface area contributed by atoms with Crippen LogP contribution in [0, 0.1) is 6.92 Å². The van der Waals surface area contributed by atoms with Gasteiger partial charge in [-0.1, -0.05) is 35.9 Å². The van der Waals surface area contributed by atoms with Crippen LogP contribution in [0.2, 0.25) is 0 Å². The van der Waals surface area contributed by atoms with Crippen LogP contribution in [0.15, 0.2) is 54.6 Å². The smallest absolute Gasteiger partial charge is 0.344 e. The van der Waals surface area contributed by atoms with Crippen molar-refractivity contribution in [1.29, 1.82) is 0 Å². The molecule has 2 aromatic rings. The summed E-state index contributed by atoms with van der Waals surface area (Å²) in [6.45, 7) is 3.45. The summed E-state index contributed by atoms with van der Waals surface area (Å²) in [5.74, 6) is -0.741. The van der Waals surface area contributed by atoms with E-state index in [0.29, 0.717) is 11.3 Å². The molecule has 0 aliphatic rings. The summed E-state index contributed by atoms with van der Waals surface area (Å²) < 4.78 is 5.22. The van der Waals surface area contributed by atoms with E-state index in [2.05, 4.69) is 0 Å². The number of hydrogen-bond donors (Lipinski definition) is 1. The van der Waals surface area contributed by atoms with Gasteiger partial charge in [-0.3, -0.25) is 4.79 Å². The molecule has 4 heteroatoms. The van der Waals surface area contributed by atoms with E-state index in [0.717, 1.165) is 11.1 Å². The van der Waals surface area contributed by atoms with Crippen molar-refractivity contribution in [1.82, 2.24) is 0 Å². The Morgan fingerprint density at radius 3 is 2.43 bits per heavy atom. The van der Waals surface area contributed by atoms with Gasteiger partial charge in [0.2, 0.25) is 0 Å². The van der Waals surface area contributed by atoms with E-state index in [-0.39, 0.29) is 5.78 Å². The highest BCUT2D eigenvalue weighted by molar-refractivity contribution is 6.06. The van der Waals surface area contributed by atoms with E-state index in [1.54, 1.807) is 30.3 Å². The molecule has 2 aromatic carbocycles. The Kier molecular flexibility index (Phi) is 5.31. The summed E-state index contributed by atoms with van der Waals surface area (Å²) >= 11 is 0. The van der Waals surface area contributed by atoms with Crippen molar-refractivity contribution in [3.05, 3.63) is 71.3 Å². The lowest BCUT2D eigenvalue weighted by Crippen LogP contribution is -2.22. The normalized spacial score (nSPS) is 12.1. The summed E-state index contributed by atoms with van der Waals surface area (Å²) in [6.07, 6.45) is 2.36. The molecule has 4 nitrogen and oxygen atoms in total. The number of ether oxygens (including phenoxy) is 1. The van der Waals surface area contributed by atoms with Crippen LogP contribution in [-0.2, 0) is 4.79 Å². The maximum absolute atomic E-state index is 12.1. The van der Waals surface area contributed by atoms with Crippen molar-refractivity contribution in [2.24, 2.45) is 0 Å². The lowest BCUT2D eigenvalue weighted by molar-refractivity contribution is -0.144. The van der Waals surface area contributed by atoms with Crippen molar-refractivity contribution in [2.75, 3.05) is 0 Å². The molecule has 23 heavy (non-hydrogen) atoms. The molecule has 0 aliphatic heterocycles. The molecule has 1 atom stereocenters. The predicted molar refractivity (Wildman–Crippen MR) is 88.7 cm³/mol. The zero-order chi connectivity index (χ0) is 16.8. The first-order chi connectivity index (χ1) is 11.0. The second-order valence-electron chi connectivity index (χ2n) is 5.23. The van der Waals surface area contributed by atoms with E-state index in [1.165, 1.54) is 13.0 Å². The molecular weight excluding hydrogens is 292 g/mol. The number of carboxylic acids is 1. The Balaban J connectivity index is 2.04. The van der Waals surface area contributed by atoms with E-state index in [1.807, 2.05) is 31.2 Å². The number of benzene rings is 2. The van der Waals surface area contributed by atoms with Gasteiger partial charge in [0.1, 0.15) is 5.75 Å². The molecule has 0 saturated heterocycles. The third-order valence-corrected chi connectivity index (χ3v) is 3.27. The number of carbonyl (C=O) groups excluding carboxylic acids is 1. The minimum atomic E-state index is -1.04. The molecule has 0 aromatic heterocycles. The molecule has 0 fully saturated rings. The van der Waals surface area contributed by atoms with Gasteiger partial charge in [0, 0.05) is 5.56 Å². The van der Waals surface area contributed by atoms with E-state index in [9.17, 15) is 9.59 Å². The van der Waals surface area contributed by atoms with E-state index < -0.39 is 12.1 Å². The monoisotopic (exact) mass is 310 g/mol. The van der Waals surface area contributed by atoms with Gasteiger partial charge in [-0.25, -0.2) is 4.79 Å². The van der Waals surface area contributed by atoms with Crippen molar-refractivity contribution >= 4 is 17.8 Å². The van der Waals surface area contributed by atoms with Gasteiger partial charge in [-0.2, -0.15) is 0 Å². The summed E-state index contributed by atoms with van der Waals surface area (Å²) in [5.41, 5.74) is 2.62. The fourth-order valence-electron chi connectivity index (χ4n) is 1.99. The summed E-state index contributed by atoms with van der Waals surface area (Å²) in [6, 6.07) is 14.3. The number of carboxylic acid groups (broad SMARTS) is 1. The third-order valence-electron chi connectivity index (χ3n) is 3.27. The Morgan fingerprint density at radius 1 is 1.13 bits per heavy atom. The molecule has 0 bridgehead atoms. The minimum Gasteiger partial charge on any atom is -0.479 e. The van der Waals surface area contributed by atoms with E-state index >= 15 is 0 Å². The third kappa shape index (κ3) is 4.81. The Labute approximate surface area is 135 Å². The Bertz CT molecular complexity index is 729. The minimum absolute atomic E-state index is 0.121. The van der Waals surface area contributed by atoms with Crippen molar-refractivity contribution in [3.63, 3.8) is 0 Å². The zero-order valence-electron chi connectivity index (χ0n) is 13.0. The number of rotatable bonds is 6. The van der Waals surface area contributed by atoms with Crippen molar-refractivity contribution < 1.29 is 19.4 Å². The molecule has 0 heterocycles. The van der Waals surface area contributed by atoms with Crippen LogP contribution in [0.1, 0.15) is 28.4 Å². The summed E-state index contributed by atoms with van der Waals surface area (Å²) in [4.78, 5) is 22.9. The van der Waals surface area contributed by atoms with Gasteiger partial charge in [-0.05, 0) is 49.8 Å². The van der Waals surface area contributed by atoms with Crippen LogP contribution in [0.3, 0.4) is 0 Å². The maximum atomic E-state index is 12.1. The van der Waals surface area contributed by atoms with Crippen molar-refractivity contribution in [3.8, 4) is 5.75 Å². The van der Waals surface area contributed by atoms with Gasteiger partial charge in [-0.15, -0.1) is 0 Å². The van der Waals surface area contributed by atoms with Crippen LogP contribution in [-0.4, -0.2) is 23.0 Å². The first-order valence-electron chi connectivity index (χ1n) is 7.24. The van der Waals surface area contributed by atoms with Gasteiger partial charge < -0.3 is 9.84 Å². The molecule has 0 spiro atoms. The molecule has 0 amide bonds. The van der Waals surface area contributed by atoms with Crippen molar-refractivity contribution in [2.45, 2.75) is 20.0 Å². The largest absolute Gasteiger partial charge is 0.479 e. The summed E-state index contributed by atoms with van der Waals surface area (Å²) in [5, 5.41) is 8.80. The fourth-order valence-corrected chi connectivity index (χ4v) is 1.99. The van der Waals surface area contributed by atoms with Gasteiger partial charge in [0.15, 0.2) is 11.9 Å². The number of hydrogen-bond acceptors (Lipinski definition) is 3. The second kappa shape index (κ2) is 7.40. The molecule has 0 saturated carbocycles. The zero-order valence-corrected chi connectivity index (χ0v) is 13.0. The molecule has 2 rings (SSSR count). The number of allylic oxidation sites excluding steroid dienone is 1. The van der Waals surface area contributed by atoms with E-state index in [4.69, 9.17) is 9.84 Å². The molecule has 1 unspecified atom stereocenters. The lowest BCUT2D eigenvalue weighted by Gasteiger charge is -2.10. The standard InChI is InChI=1S/C19H18O4/c1-13-4-3-5-15(12-13)6-11-18(20)16-7-9-17(10-8-16)23-14(2)19(21)22/h3-12,14H,1-2H3,(H,21,22)/b11-6+. The number of aliphatic carboxylic acids is 1. The number of ketones is 1. The average molecular weight is 310 g/mol. The molecule has 1 N–H and O–H groups in total. The predicted octanol–water partition coefficient (Wildman–Crippen LogP) is 3.74. The Morgan fingerprint density at radius 2 is 1.83 bits per heavy atom. The van der Waals surface area contributed by atoms with Crippen LogP contribution < -0.4 is 4.74 Å². The molecule has 0 aliphatic carbocycles. The van der Waals surface area contributed by atoms with Crippen LogP contribution in [0.4, 0.5) is 0 Å². The number of aryl methyl sites for hydroxylation is 1. The SMILES string of the molecule is Cc1cccc(/C=C/C(=O)c2ccc(OC(C)C(=O)O)cc2)c1. The van der Waals surface area contributed by atoms with Crippen LogP contribution >= 0.6 is 0 Å².